The molecule has 2 nitrogen and oxygen atoms in total. The van der Waals surface area contributed by atoms with E-state index in [2.05, 4.69) is 105 Å². The molecule has 0 fully saturated rings. The van der Waals surface area contributed by atoms with Gasteiger partial charge in [-0.2, -0.15) is 0 Å². The Bertz CT molecular complexity index is 1290. The quantitative estimate of drug-likeness (QED) is 0.373. The third-order valence-corrected chi connectivity index (χ3v) is 5.64. The van der Waals surface area contributed by atoms with Gasteiger partial charge < -0.3 is 5.32 Å². The van der Waals surface area contributed by atoms with E-state index in [4.69, 9.17) is 4.98 Å². The Hall–Kier alpha value is -3.65. The molecule has 0 aliphatic heterocycles. The summed E-state index contributed by atoms with van der Waals surface area (Å²) in [5.74, 6) is 0. The van der Waals surface area contributed by atoms with E-state index in [-0.39, 0.29) is 0 Å². The van der Waals surface area contributed by atoms with Crippen LogP contribution >= 0.6 is 0 Å². The highest BCUT2D eigenvalue weighted by Crippen LogP contribution is 2.29. The number of hydrogen-bond donors (Lipinski definition) is 1. The molecular weight excluding hydrogens is 376 g/mol. The lowest BCUT2D eigenvalue weighted by atomic mass is 9.98. The number of nitrogens with one attached hydrogen (secondary N) is 1. The molecule has 0 aliphatic rings. The third-order valence-electron chi connectivity index (χ3n) is 5.64. The fourth-order valence-corrected chi connectivity index (χ4v) is 3.98. The number of aryl methyl sites for hydroxylation is 1. The van der Waals surface area contributed by atoms with Crippen molar-refractivity contribution >= 4 is 22.5 Å². The number of pyridine rings is 1. The van der Waals surface area contributed by atoms with Crippen LogP contribution in [0.15, 0.2) is 84.9 Å². The van der Waals surface area contributed by atoms with Gasteiger partial charge in [0.2, 0.25) is 0 Å². The van der Waals surface area contributed by atoms with Gasteiger partial charge in [0, 0.05) is 18.2 Å². The zero-order valence-electron chi connectivity index (χ0n) is 18.7. The normalized spacial score (nSPS) is 10.7. The Labute approximate surface area is 185 Å². The number of benzene rings is 3. The molecule has 1 N–H and O–H groups in total. The number of hydrogen-bond acceptors (Lipinski definition) is 2. The minimum absolute atomic E-state index is 0.934. The van der Waals surface area contributed by atoms with E-state index in [1.54, 1.807) is 0 Å². The van der Waals surface area contributed by atoms with E-state index < -0.39 is 0 Å². The SMILES string of the molecule is C=Cc1ccc(-c2ccc(-c3ccc4ccc(C)cc4c3)cc2)nc1C(NC)=C(C)C. The predicted molar refractivity (Wildman–Crippen MR) is 135 cm³/mol. The minimum Gasteiger partial charge on any atom is -0.386 e. The fraction of sp³-hybridized carbons (Fsp3) is 0.138. The summed E-state index contributed by atoms with van der Waals surface area (Å²) in [5.41, 5.74) is 9.95. The second kappa shape index (κ2) is 8.61. The van der Waals surface area contributed by atoms with Gasteiger partial charge in [0.1, 0.15) is 0 Å². The molecule has 0 atom stereocenters. The molecule has 3 aromatic carbocycles. The highest BCUT2D eigenvalue weighted by Gasteiger charge is 2.11. The molecule has 0 bridgehead atoms. The van der Waals surface area contributed by atoms with Crippen LogP contribution in [0.5, 0.6) is 0 Å². The van der Waals surface area contributed by atoms with E-state index in [0.29, 0.717) is 0 Å². The zero-order valence-corrected chi connectivity index (χ0v) is 18.7. The summed E-state index contributed by atoms with van der Waals surface area (Å²) in [6, 6.07) is 26.0. The molecule has 0 spiro atoms. The van der Waals surface area contributed by atoms with Gasteiger partial charge in [0.15, 0.2) is 0 Å². The first-order chi connectivity index (χ1) is 15.0. The van der Waals surface area contributed by atoms with Crippen molar-refractivity contribution in [2.24, 2.45) is 0 Å². The Morgan fingerprint density at radius 3 is 2.16 bits per heavy atom. The van der Waals surface area contributed by atoms with E-state index in [1.165, 1.54) is 33.0 Å². The fourth-order valence-electron chi connectivity index (χ4n) is 3.98. The van der Waals surface area contributed by atoms with Gasteiger partial charge in [-0.25, -0.2) is 4.98 Å². The van der Waals surface area contributed by atoms with Crippen molar-refractivity contribution in [2.45, 2.75) is 20.8 Å². The molecule has 1 heterocycles. The maximum atomic E-state index is 4.97. The Morgan fingerprint density at radius 1 is 0.806 bits per heavy atom. The molecular formula is C29H28N2. The molecule has 0 amide bonds. The molecule has 0 radical (unpaired) electrons. The van der Waals surface area contributed by atoms with Gasteiger partial charge >= 0.3 is 0 Å². The van der Waals surface area contributed by atoms with E-state index in [1.807, 2.05) is 13.1 Å². The Kier molecular flexibility index (Phi) is 5.73. The second-order valence-electron chi connectivity index (χ2n) is 8.11. The summed E-state index contributed by atoms with van der Waals surface area (Å²) in [7, 11) is 1.93. The maximum absolute atomic E-state index is 4.97. The summed E-state index contributed by atoms with van der Waals surface area (Å²) >= 11 is 0. The number of allylic oxidation sites excluding steroid dienone is 1. The van der Waals surface area contributed by atoms with Crippen molar-refractivity contribution in [3.05, 3.63) is 102 Å². The monoisotopic (exact) mass is 404 g/mol. The lowest BCUT2D eigenvalue weighted by Crippen LogP contribution is -2.10. The largest absolute Gasteiger partial charge is 0.386 e. The highest BCUT2D eigenvalue weighted by atomic mass is 14.9. The molecule has 1 aromatic heterocycles. The topological polar surface area (TPSA) is 24.9 Å². The van der Waals surface area contributed by atoms with Gasteiger partial charge in [-0.15, -0.1) is 0 Å². The Balaban J connectivity index is 1.72. The number of rotatable bonds is 5. The Morgan fingerprint density at radius 2 is 1.48 bits per heavy atom. The van der Waals surface area contributed by atoms with Crippen molar-refractivity contribution in [1.29, 1.82) is 0 Å². The summed E-state index contributed by atoms with van der Waals surface area (Å²) in [6.45, 7) is 10.3. The van der Waals surface area contributed by atoms with Crippen molar-refractivity contribution in [1.82, 2.24) is 10.3 Å². The van der Waals surface area contributed by atoms with E-state index in [0.717, 1.165) is 28.2 Å². The first-order valence-electron chi connectivity index (χ1n) is 10.6. The zero-order chi connectivity index (χ0) is 22.0. The third kappa shape index (κ3) is 4.15. The standard InChI is InChI=1S/C29H28N2/c1-6-21-15-16-27(31-29(21)28(30-5)19(2)3)24-12-9-22(10-13-24)25-14-11-23-8-7-20(4)17-26(23)18-25/h6-18,30H,1H2,2-5H3. The van der Waals surface area contributed by atoms with Gasteiger partial charge in [0.05, 0.1) is 17.1 Å². The minimum atomic E-state index is 0.934. The highest BCUT2D eigenvalue weighted by molar-refractivity contribution is 5.88. The number of nitrogens with zero attached hydrogens (tertiary/aromatic N) is 1. The molecule has 154 valence electrons. The first kappa shape index (κ1) is 20.6. The molecule has 31 heavy (non-hydrogen) atoms. The summed E-state index contributed by atoms with van der Waals surface area (Å²) < 4.78 is 0. The smallest absolute Gasteiger partial charge is 0.0939 e. The van der Waals surface area contributed by atoms with Crippen molar-refractivity contribution < 1.29 is 0 Å². The van der Waals surface area contributed by atoms with Crippen LogP contribution in [0.25, 0.3) is 44.9 Å². The summed E-state index contributed by atoms with van der Waals surface area (Å²) in [6.07, 6.45) is 1.86. The second-order valence-corrected chi connectivity index (χ2v) is 8.11. The van der Waals surface area contributed by atoms with Crippen LogP contribution in [-0.4, -0.2) is 12.0 Å². The maximum Gasteiger partial charge on any atom is 0.0939 e. The molecule has 0 aliphatic carbocycles. The summed E-state index contributed by atoms with van der Waals surface area (Å²) in [5, 5.41) is 5.83. The number of fused-ring (bicyclic) bond motifs is 1. The first-order valence-corrected chi connectivity index (χ1v) is 10.6. The molecule has 2 heteroatoms. The average molecular weight is 405 g/mol. The van der Waals surface area contributed by atoms with Crippen LogP contribution in [0.1, 0.15) is 30.7 Å². The molecule has 0 saturated heterocycles. The lowest BCUT2D eigenvalue weighted by molar-refractivity contribution is 1.07. The van der Waals surface area contributed by atoms with Gasteiger partial charge in [-0.05, 0) is 54.8 Å². The van der Waals surface area contributed by atoms with Crippen LogP contribution in [-0.2, 0) is 0 Å². The van der Waals surface area contributed by atoms with Crippen LogP contribution in [0, 0.1) is 6.92 Å². The van der Waals surface area contributed by atoms with E-state index in [9.17, 15) is 0 Å². The van der Waals surface area contributed by atoms with Crippen LogP contribution < -0.4 is 5.32 Å². The molecule has 0 saturated carbocycles. The predicted octanol–water partition coefficient (Wildman–Crippen LogP) is 7.49. The molecule has 4 rings (SSSR count). The number of aromatic nitrogens is 1. The van der Waals surface area contributed by atoms with Crippen molar-refractivity contribution in [3.8, 4) is 22.4 Å². The van der Waals surface area contributed by atoms with Crippen LogP contribution in [0.4, 0.5) is 0 Å². The van der Waals surface area contributed by atoms with Crippen LogP contribution in [0.3, 0.4) is 0 Å². The molecule has 0 unspecified atom stereocenters. The van der Waals surface area contributed by atoms with Gasteiger partial charge in [-0.3, -0.25) is 0 Å². The van der Waals surface area contributed by atoms with Crippen molar-refractivity contribution in [2.75, 3.05) is 7.05 Å². The van der Waals surface area contributed by atoms with E-state index >= 15 is 0 Å². The van der Waals surface area contributed by atoms with Gasteiger partial charge in [-0.1, -0.05) is 84.5 Å². The average Bonchev–Trinajstić information content (AvgIpc) is 2.79. The van der Waals surface area contributed by atoms with Gasteiger partial charge in [0.25, 0.3) is 0 Å². The van der Waals surface area contributed by atoms with Crippen molar-refractivity contribution in [3.63, 3.8) is 0 Å². The lowest BCUT2D eigenvalue weighted by Gasteiger charge is -2.14. The molecule has 4 aromatic rings. The summed E-state index contributed by atoms with van der Waals surface area (Å²) in [4.78, 5) is 4.97. The van der Waals surface area contributed by atoms with Crippen LogP contribution in [0.2, 0.25) is 0 Å².